The molecule has 290 valence electrons. The molecule has 2 aliphatic rings. The van der Waals surface area contributed by atoms with Gasteiger partial charge in [0, 0.05) is 38.8 Å². The summed E-state index contributed by atoms with van der Waals surface area (Å²) >= 11 is 0. The Morgan fingerprint density at radius 3 is 2.18 bits per heavy atom. The van der Waals surface area contributed by atoms with Crippen molar-refractivity contribution in [1.82, 2.24) is 9.55 Å². The Balaban J connectivity index is 0.956. The Morgan fingerprint density at radius 1 is 0.574 bits per heavy atom. The van der Waals surface area contributed by atoms with Crippen molar-refractivity contribution >= 4 is 66.7 Å². The van der Waals surface area contributed by atoms with E-state index in [0.29, 0.717) is 5.89 Å². The molecule has 0 aliphatic heterocycles. The number of allylic oxidation sites excluding steroid dienone is 3. The van der Waals surface area contributed by atoms with Crippen molar-refractivity contribution in [2.75, 3.05) is 4.90 Å². The molecule has 2 heterocycles. The Kier molecular flexibility index (Phi) is 8.41. The van der Waals surface area contributed by atoms with E-state index in [4.69, 9.17) is 9.40 Å². The molecule has 0 radical (unpaired) electrons. The van der Waals surface area contributed by atoms with Crippen LogP contribution in [-0.4, -0.2) is 15.6 Å². The molecule has 4 heteroatoms. The Bertz CT molecular complexity index is 3390. The highest BCUT2D eigenvalue weighted by atomic mass is 16.3. The van der Waals surface area contributed by atoms with E-state index in [0.717, 1.165) is 74.9 Å². The molecule has 1 atom stereocenters. The summed E-state index contributed by atoms with van der Waals surface area (Å²) in [5.74, 6) is 0.639. The zero-order valence-corrected chi connectivity index (χ0v) is 33.6. The molecule has 61 heavy (non-hydrogen) atoms. The number of rotatable bonds is 7. The van der Waals surface area contributed by atoms with Gasteiger partial charge in [0.05, 0.1) is 17.1 Å². The zero-order valence-electron chi connectivity index (χ0n) is 33.6. The van der Waals surface area contributed by atoms with Crippen molar-refractivity contribution in [3.63, 3.8) is 0 Å². The molecule has 0 bridgehead atoms. The van der Waals surface area contributed by atoms with Gasteiger partial charge in [-0.15, -0.1) is 0 Å². The molecule has 0 amide bonds. The van der Waals surface area contributed by atoms with Crippen molar-refractivity contribution in [3.05, 3.63) is 217 Å². The molecule has 2 aliphatic carbocycles. The lowest BCUT2D eigenvalue weighted by atomic mass is 9.87. The SMILES string of the molecule is C1=Cc2cccc(C3=CCC(N(c4ccc(-c5cccc6c5ccc5nc(-c7ccccc7)oc56)cc4)c4ccc5c(c4)c4ccccc4n5-c4ccccc4)C=C3)c2CC1. The molecule has 12 rings (SSSR count). The first-order chi connectivity index (χ1) is 30.2. The van der Waals surface area contributed by atoms with E-state index in [1.54, 1.807) is 0 Å². The van der Waals surface area contributed by atoms with Crippen LogP contribution < -0.4 is 4.90 Å². The summed E-state index contributed by atoms with van der Waals surface area (Å²) in [7, 11) is 0. The van der Waals surface area contributed by atoms with Crippen LogP contribution in [0.15, 0.2) is 205 Å². The van der Waals surface area contributed by atoms with Gasteiger partial charge in [-0.3, -0.25) is 0 Å². The van der Waals surface area contributed by atoms with Crippen LogP contribution in [0.3, 0.4) is 0 Å². The minimum absolute atomic E-state index is 0.116. The highest BCUT2D eigenvalue weighted by Gasteiger charge is 2.24. The quantitative estimate of drug-likeness (QED) is 0.161. The standard InChI is InChI=1S/C57H41N3O/c1-3-14-41(15-4-1)57-58-53-35-34-49-48(22-12-23-51(49)56(53)61-57)40-27-31-44(32-28-40)59(43-29-25-39(26-30-43)47-21-11-16-38-13-7-8-19-46(38)47)45-33-36-55-52(37-45)50-20-9-10-24-54(50)60(55)42-17-5-2-6-18-42/h1-7,9-18,20-29,31-37,43H,8,19,30H2. The molecule has 10 aromatic rings. The monoisotopic (exact) mass is 783 g/mol. The van der Waals surface area contributed by atoms with Crippen LogP contribution in [-0.2, 0) is 6.42 Å². The lowest BCUT2D eigenvalue weighted by Gasteiger charge is -2.34. The fourth-order valence-electron chi connectivity index (χ4n) is 9.75. The maximum absolute atomic E-state index is 6.44. The fraction of sp³-hybridized carbons (Fsp3) is 0.0702. The van der Waals surface area contributed by atoms with Crippen LogP contribution in [0.1, 0.15) is 29.5 Å². The number of aromatic nitrogens is 2. The van der Waals surface area contributed by atoms with E-state index in [2.05, 4.69) is 185 Å². The third-order valence-electron chi connectivity index (χ3n) is 12.6. The van der Waals surface area contributed by atoms with Crippen LogP contribution >= 0.6 is 0 Å². The molecular formula is C57H41N3O. The van der Waals surface area contributed by atoms with Gasteiger partial charge >= 0.3 is 0 Å². The number of hydrogen-bond donors (Lipinski definition) is 0. The summed E-state index contributed by atoms with van der Waals surface area (Å²) in [5.41, 5.74) is 16.3. The van der Waals surface area contributed by atoms with E-state index in [-0.39, 0.29) is 6.04 Å². The first kappa shape index (κ1) is 35.3. The van der Waals surface area contributed by atoms with Crippen molar-refractivity contribution in [2.24, 2.45) is 0 Å². The number of hydrogen-bond acceptors (Lipinski definition) is 3. The van der Waals surface area contributed by atoms with Gasteiger partial charge < -0.3 is 13.9 Å². The largest absolute Gasteiger partial charge is 0.435 e. The molecule has 0 saturated carbocycles. The Hall–Kier alpha value is -7.69. The summed E-state index contributed by atoms with van der Waals surface area (Å²) in [5, 5.41) is 4.69. The average Bonchev–Trinajstić information content (AvgIpc) is 3.93. The number of anilines is 2. The third-order valence-corrected chi connectivity index (χ3v) is 12.6. The molecule has 1 unspecified atom stereocenters. The maximum atomic E-state index is 6.44. The normalized spacial score (nSPS) is 14.8. The van der Waals surface area contributed by atoms with Gasteiger partial charge in [0.25, 0.3) is 0 Å². The van der Waals surface area contributed by atoms with E-state index in [1.165, 1.54) is 44.1 Å². The smallest absolute Gasteiger partial charge is 0.227 e. The summed E-state index contributed by atoms with van der Waals surface area (Å²) < 4.78 is 8.83. The molecular weight excluding hydrogens is 743 g/mol. The van der Waals surface area contributed by atoms with Gasteiger partial charge in [-0.25, -0.2) is 4.98 Å². The second kappa shape index (κ2) is 14.5. The van der Waals surface area contributed by atoms with Gasteiger partial charge in [-0.2, -0.15) is 0 Å². The van der Waals surface area contributed by atoms with E-state index >= 15 is 0 Å². The predicted octanol–water partition coefficient (Wildman–Crippen LogP) is 14.9. The van der Waals surface area contributed by atoms with Crippen molar-refractivity contribution < 1.29 is 4.42 Å². The molecule has 0 spiro atoms. The zero-order chi connectivity index (χ0) is 40.3. The second-order valence-electron chi connectivity index (χ2n) is 16.1. The molecule has 8 aromatic carbocycles. The molecule has 4 nitrogen and oxygen atoms in total. The van der Waals surface area contributed by atoms with Crippen LogP contribution in [0.25, 0.3) is 83.6 Å². The van der Waals surface area contributed by atoms with Crippen LogP contribution in [0, 0.1) is 0 Å². The summed E-state index contributed by atoms with van der Waals surface area (Å²) in [6.07, 6.45) is 14.9. The van der Waals surface area contributed by atoms with Gasteiger partial charge in [-0.05, 0) is 125 Å². The second-order valence-corrected chi connectivity index (χ2v) is 16.1. The highest BCUT2D eigenvalue weighted by molar-refractivity contribution is 6.11. The lowest BCUT2D eigenvalue weighted by Crippen LogP contribution is -2.30. The minimum Gasteiger partial charge on any atom is -0.435 e. The summed E-state index contributed by atoms with van der Waals surface area (Å²) in [4.78, 5) is 7.37. The number of nitrogens with zero attached hydrogens (tertiary/aromatic N) is 3. The predicted molar refractivity (Wildman–Crippen MR) is 255 cm³/mol. The maximum Gasteiger partial charge on any atom is 0.227 e. The fourth-order valence-corrected chi connectivity index (χ4v) is 9.75. The highest BCUT2D eigenvalue weighted by Crippen LogP contribution is 2.41. The molecule has 0 saturated heterocycles. The average molecular weight is 784 g/mol. The number of fused-ring (bicyclic) bond motifs is 7. The Labute approximate surface area is 354 Å². The minimum atomic E-state index is 0.116. The summed E-state index contributed by atoms with van der Waals surface area (Å²) in [6.45, 7) is 0. The molecule has 0 N–H and O–H groups in total. The number of benzene rings is 8. The molecule has 0 fully saturated rings. The lowest BCUT2D eigenvalue weighted by molar-refractivity contribution is 0.623. The van der Waals surface area contributed by atoms with E-state index in [1.807, 2.05) is 30.3 Å². The van der Waals surface area contributed by atoms with Crippen LogP contribution in [0.5, 0.6) is 0 Å². The van der Waals surface area contributed by atoms with Gasteiger partial charge in [0.15, 0.2) is 5.58 Å². The number of para-hydroxylation sites is 2. The summed E-state index contributed by atoms with van der Waals surface area (Å²) in [6, 6.07) is 63.3. The molecule has 2 aromatic heterocycles. The van der Waals surface area contributed by atoms with Crippen LogP contribution in [0.2, 0.25) is 0 Å². The van der Waals surface area contributed by atoms with Gasteiger partial charge in [0.1, 0.15) is 5.52 Å². The van der Waals surface area contributed by atoms with Crippen molar-refractivity contribution in [3.8, 4) is 28.3 Å². The van der Waals surface area contributed by atoms with Gasteiger partial charge in [0.2, 0.25) is 5.89 Å². The number of oxazole rings is 1. The van der Waals surface area contributed by atoms with Gasteiger partial charge in [-0.1, -0.05) is 140 Å². The first-order valence-electron chi connectivity index (χ1n) is 21.3. The third kappa shape index (κ3) is 6.02. The van der Waals surface area contributed by atoms with Crippen molar-refractivity contribution in [1.29, 1.82) is 0 Å². The topological polar surface area (TPSA) is 34.2 Å². The first-order valence-corrected chi connectivity index (χ1v) is 21.3. The van der Waals surface area contributed by atoms with E-state index < -0.39 is 0 Å². The van der Waals surface area contributed by atoms with Crippen molar-refractivity contribution in [2.45, 2.75) is 25.3 Å². The Morgan fingerprint density at radius 2 is 1.33 bits per heavy atom. The van der Waals surface area contributed by atoms with Crippen LogP contribution in [0.4, 0.5) is 11.4 Å². The van der Waals surface area contributed by atoms with E-state index in [9.17, 15) is 0 Å².